The van der Waals surface area contributed by atoms with Crippen LogP contribution in [-0.4, -0.2) is 0 Å². The van der Waals surface area contributed by atoms with Crippen molar-refractivity contribution in [3.05, 3.63) is 68.1 Å². The fraction of sp³-hybridized carbons (Fsp3) is 0.200. The van der Waals surface area contributed by atoms with Crippen molar-refractivity contribution in [1.29, 1.82) is 0 Å². The zero-order valence-electron chi connectivity index (χ0n) is 10.5. The van der Waals surface area contributed by atoms with Gasteiger partial charge >= 0.3 is 0 Å². The van der Waals surface area contributed by atoms with Crippen LogP contribution in [0.3, 0.4) is 0 Å². The van der Waals surface area contributed by atoms with Crippen molar-refractivity contribution in [2.24, 2.45) is 5.73 Å². The van der Waals surface area contributed by atoms with Crippen molar-refractivity contribution in [2.75, 3.05) is 0 Å². The van der Waals surface area contributed by atoms with E-state index in [-0.39, 0.29) is 0 Å². The maximum atomic E-state index is 6.46. The van der Waals surface area contributed by atoms with E-state index >= 15 is 0 Å². The Hall–Kier alpha value is -0.540. The van der Waals surface area contributed by atoms with Gasteiger partial charge in [0.05, 0.1) is 0 Å². The zero-order valence-corrected chi connectivity index (χ0v) is 13.6. The minimum Gasteiger partial charge on any atom is -0.321 e. The molecule has 0 saturated carbocycles. The first-order chi connectivity index (χ1) is 8.92. The monoisotopic (exact) mass is 357 g/mol. The molecule has 2 aromatic rings. The SMILES string of the molecule is CC(N)(Cc1c(Cl)cccc1Cl)c1ccccc1Br. The summed E-state index contributed by atoms with van der Waals surface area (Å²) in [6, 6.07) is 13.4. The molecule has 0 bridgehead atoms. The first-order valence-corrected chi connectivity index (χ1v) is 7.43. The lowest BCUT2D eigenvalue weighted by atomic mass is 9.86. The number of rotatable bonds is 3. The van der Waals surface area contributed by atoms with Crippen molar-refractivity contribution >= 4 is 39.1 Å². The van der Waals surface area contributed by atoms with Crippen LogP contribution in [0, 0.1) is 0 Å². The molecule has 0 aliphatic carbocycles. The summed E-state index contributed by atoms with van der Waals surface area (Å²) >= 11 is 16.0. The van der Waals surface area contributed by atoms with Crippen molar-refractivity contribution in [3.63, 3.8) is 0 Å². The second kappa shape index (κ2) is 5.84. The van der Waals surface area contributed by atoms with E-state index in [1.807, 2.05) is 49.4 Å². The number of benzene rings is 2. The first-order valence-electron chi connectivity index (χ1n) is 5.88. The summed E-state index contributed by atoms with van der Waals surface area (Å²) in [4.78, 5) is 0. The summed E-state index contributed by atoms with van der Waals surface area (Å²) in [6.07, 6.45) is 0.578. The van der Waals surface area contributed by atoms with Gasteiger partial charge in [0.15, 0.2) is 0 Å². The van der Waals surface area contributed by atoms with Crippen LogP contribution < -0.4 is 5.73 Å². The van der Waals surface area contributed by atoms with E-state index in [9.17, 15) is 0 Å². The third-order valence-electron chi connectivity index (χ3n) is 3.09. The smallest absolute Gasteiger partial charge is 0.0453 e. The van der Waals surface area contributed by atoms with Gasteiger partial charge in [-0.15, -0.1) is 0 Å². The van der Waals surface area contributed by atoms with Gasteiger partial charge in [0.2, 0.25) is 0 Å². The average Bonchev–Trinajstić information content (AvgIpc) is 2.34. The summed E-state index contributed by atoms with van der Waals surface area (Å²) in [5, 5.41) is 1.30. The van der Waals surface area contributed by atoms with E-state index in [4.69, 9.17) is 28.9 Å². The highest BCUT2D eigenvalue weighted by molar-refractivity contribution is 9.10. The van der Waals surface area contributed by atoms with Gasteiger partial charge in [-0.25, -0.2) is 0 Å². The quantitative estimate of drug-likeness (QED) is 0.804. The maximum absolute atomic E-state index is 6.46. The van der Waals surface area contributed by atoms with Crippen molar-refractivity contribution in [3.8, 4) is 0 Å². The molecular formula is C15H14BrCl2N. The van der Waals surface area contributed by atoms with Crippen LogP contribution in [0.1, 0.15) is 18.1 Å². The van der Waals surface area contributed by atoms with Gasteiger partial charge in [0, 0.05) is 20.1 Å². The molecule has 4 heteroatoms. The molecule has 2 N–H and O–H groups in total. The van der Waals surface area contributed by atoms with E-state index < -0.39 is 5.54 Å². The van der Waals surface area contributed by atoms with Crippen LogP contribution in [0.15, 0.2) is 46.9 Å². The van der Waals surface area contributed by atoms with Gasteiger partial charge < -0.3 is 5.73 Å². The molecule has 0 radical (unpaired) electrons. The van der Waals surface area contributed by atoms with Crippen LogP contribution in [-0.2, 0) is 12.0 Å². The lowest BCUT2D eigenvalue weighted by molar-refractivity contribution is 0.489. The van der Waals surface area contributed by atoms with E-state index in [1.165, 1.54) is 0 Å². The molecule has 19 heavy (non-hydrogen) atoms. The summed E-state index contributed by atoms with van der Waals surface area (Å²) in [7, 11) is 0. The van der Waals surface area contributed by atoms with Gasteiger partial charge in [-0.05, 0) is 42.7 Å². The summed E-state index contributed by atoms with van der Waals surface area (Å²) in [6.45, 7) is 1.98. The summed E-state index contributed by atoms with van der Waals surface area (Å²) in [5.74, 6) is 0. The van der Waals surface area contributed by atoms with Crippen LogP contribution in [0.2, 0.25) is 10.0 Å². The zero-order chi connectivity index (χ0) is 14.0. The van der Waals surface area contributed by atoms with Crippen molar-refractivity contribution in [1.82, 2.24) is 0 Å². The standard InChI is InChI=1S/C15H14BrCl2N/c1-15(19,11-5-2-3-6-12(11)16)9-10-13(17)7-4-8-14(10)18/h2-8H,9,19H2,1H3. The second-order valence-corrected chi connectivity index (χ2v) is 6.44. The van der Waals surface area contributed by atoms with Crippen molar-refractivity contribution < 1.29 is 0 Å². The molecule has 0 aromatic heterocycles. The number of hydrogen-bond acceptors (Lipinski definition) is 1. The van der Waals surface area contributed by atoms with Crippen LogP contribution in [0.5, 0.6) is 0 Å². The Morgan fingerprint density at radius 2 is 1.63 bits per heavy atom. The highest BCUT2D eigenvalue weighted by Crippen LogP contribution is 2.34. The lowest BCUT2D eigenvalue weighted by Gasteiger charge is -2.27. The third-order valence-corrected chi connectivity index (χ3v) is 4.49. The number of halogens is 3. The number of hydrogen-bond donors (Lipinski definition) is 1. The van der Waals surface area contributed by atoms with Gasteiger partial charge in [-0.1, -0.05) is 63.4 Å². The van der Waals surface area contributed by atoms with Gasteiger partial charge in [-0.3, -0.25) is 0 Å². The van der Waals surface area contributed by atoms with Crippen molar-refractivity contribution in [2.45, 2.75) is 18.9 Å². The molecular weight excluding hydrogens is 345 g/mol. The van der Waals surface area contributed by atoms with Crippen LogP contribution >= 0.6 is 39.1 Å². The van der Waals surface area contributed by atoms with Gasteiger partial charge in [0.1, 0.15) is 0 Å². The van der Waals surface area contributed by atoms with Gasteiger partial charge in [0.25, 0.3) is 0 Å². The molecule has 1 atom stereocenters. The minimum absolute atomic E-state index is 0.547. The molecule has 0 spiro atoms. The molecule has 0 aliphatic heterocycles. The summed E-state index contributed by atoms with van der Waals surface area (Å²) in [5.41, 5.74) is 7.83. The fourth-order valence-electron chi connectivity index (χ4n) is 2.09. The van der Waals surface area contributed by atoms with Crippen LogP contribution in [0.4, 0.5) is 0 Å². The largest absolute Gasteiger partial charge is 0.321 e. The predicted octanol–water partition coefficient (Wildman–Crippen LogP) is 5.17. The molecule has 1 nitrogen and oxygen atoms in total. The van der Waals surface area contributed by atoms with Gasteiger partial charge in [-0.2, -0.15) is 0 Å². The highest BCUT2D eigenvalue weighted by atomic mass is 79.9. The Labute approximate surface area is 131 Å². The first kappa shape index (κ1) is 14.9. The maximum Gasteiger partial charge on any atom is 0.0453 e. The van der Waals surface area contributed by atoms with E-state index in [1.54, 1.807) is 0 Å². The predicted molar refractivity (Wildman–Crippen MR) is 85.8 cm³/mol. The van der Waals surface area contributed by atoms with Crippen LogP contribution in [0.25, 0.3) is 0 Å². The Balaban J connectivity index is 2.39. The molecule has 0 fully saturated rings. The molecule has 0 aliphatic rings. The van der Waals surface area contributed by atoms with E-state index in [0.717, 1.165) is 15.6 Å². The Morgan fingerprint density at radius 3 is 2.21 bits per heavy atom. The number of nitrogens with two attached hydrogens (primary N) is 1. The summed E-state index contributed by atoms with van der Waals surface area (Å²) < 4.78 is 0.989. The highest BCUT2D eigenvalue weighted by Gasteiger charge is 2.25. The molecule has 100 valence electrons. The molecule has 2 rings (SSSR count). The molecule has 2 aromatic carbocycles. The average molecular weight is 359 g/mol. The molecule has 0 heterocycles. The molecule has 0 amide bonds. The minimum atomic E-state index is -0.547. The third kappa shape index (κ3) is 3.32. The molecule has 0 saturated heterocycles. The normalized spacial score (nSPS) is 14.2. The fourth-order valence-corrected chi connectivity index (χ4v) is 3.36. The Morgan fingerprint density at radius 1 is 1.05 bits per heavy atom. The second-order valence-electron chi connectivity index (χ2n) is 4.77. The topological polar surface area (TPSA) is 26.0 Å². The van der Waals surface area contributed by atoms with E-state index in [0.29, 0.717) is 16.5 Å². The Bertz CT molecular complexity index is 576. The Kier molecular flexibility index (Phi) is 4.57. The van der Waals surface area contributed by atoms with E-state index in [2.05, 4.69) is 15.9 Å². The lowest BCUT2D eigenvalue weighted by Crippen LogP contribution is -2.36. The molecule has 1 unspecified atom stereocenters.